The zero-order chi connectivity index (χ0) is 23.3. The smallest absolute Gasteiger partial charge is 0.269 e. The molecule has 1 heterocycles. The summed E-state index contributed by atoms with van der Waals surface area (Å²) < 4.78 is 0. The third-order valence-electron chi connectivity index (χ3n) is 5.45. The second kappa shape index (κ2) is 10.0. The lowest BCUT2D eigenvalue weighted by molar-refractivity contribution is -0.384. The zero-order valence-corrected chi connectivity index (χ0v) is 18.1. The van der Waals surface area contributed by atoms with Gasteiger partial charge < -0.3 is 15.5 Å². The summed E-state index contributed by atoms with van der Waals surface area (Å²) in [5, 5.41) is 16.4. The molecule has 3 amide bonds. The van der Waals surface area contributed by atoms with E-state index < -0.39 is 4.92 Å². The number of hydrogen-bond acceptors (Lipinski definition) is 5. The monoisotopic (exact) mass is 438 g/mol. The number of nitrogens with zero attached hydrogens (tertiary/aromatic N) is 2. The van der Waals surface area contributed by atoms with Crippen molar-refractivity contribution < 1.29 is 19.3 Å². The molecule has 0 saturated carbocycles. The summed E-state index contributed by atoms with van der Waals surface area (Å²) in [4.78, 5) is 49.2. The molecular weight excluding hydrogens is 412 g/mol. The van der Waals surface area contributed by atoms with Gasteiger partial charge in [-0.05, 0) is 49.2 Å². The average molecular weight is 438 g/mol. The third-order valence-corrected chi connectivity index (χ3v) is 5.45. The number of rotatable bonds is 8. The second-order valence-corrected chi connectivity index (χ2v) is 7.87. The van der Waals surface area contributed by atoms with Crippen LogP contribution >= 0.6 is 0 Å². The minimum Gasteiger partial charge on any atom is -0.342 e. The van der Waals surface area contributed by atoms with Crippen molar-refractivity contribution in [3.05, 3.63) is 63.7 Å². The Balaban J connectivity index is 1.58. The summed E-state index contributed by atoms with van der Waals surface area (Å²) in [5.41, 5.74) is 1.94. The summed E-state index contributed by atoms with van der Waals surface area (Å²) >= 11 is 0. The number of non-ortho nitro benzene ring substituents is 1. The Morgan fingerprint density at radius 3 is 2.50 bits per heavy atom. The van der Waals surface area contributed by atoms with E-state index >= 15 is 0 Å². The number of nitro groups is 1. The molecule has 2 aromatic rings. The number of benzene rings is 2. The van der Waals surface area contributed by atoms with Crippen molar-refractivity contribution in [2.45, 2.75) is 33.1 Å². The number of nitrogens with one attached hydrogen (secondary N) is 2. The van der Waals surface area contributed by atoms with Crippen LogP contribution in [-0.4, -0.2) is 40.6 Å². The quantitative estimate of drug-likeness (QED) is 0.480. The van der Waals surface area contributed by atoms with E-state index in [0.717, 1.165) is 12.8 Å². The molecule has 0 spiro atoms. The number of carbonyl (C=O) groups excluding carboxylic acids is 3. The maximum Gasteiger partial charge on any atom is 0.269 e. The molecule has 0 aromatic heterocycles. The first-order valence-electron chi connectivity index (χ1n) is 10.5. The number of anilines is 2. The molecule has 1 aliphatic rings. The highest BCUT2D eigenvalue weighted by Gasteiger charge is 2.33. The van der Waals surface area contributed by atoms with Gasteiger partial charge in [-0.1, -0.05) is 13.3 Å². The van der Waals surface area contributed by atoms with Crippen LogP contribution in [0.3, 0.4) is 0 Å². The van der Waals surface area contributed by atoms with Crippen LogP contribution in [-0.2, 0) is 9.59 Å². The molecule has 1 unspecified atom stereocenters. The Labute approximate surface area is 185 Å². The Morgan fingerprint density at radius 1 is 1.16 bits per heavy atom. The molecule has 0 bridgehead atoms. The van der Waals surface area contributed by atoms with Gasteiger partial charge in [0.1, 0.15) is 0 Å². The fourth-order valence-electron chi connectivity index (χ4n) is 3.56. The van der Waals surface area contributed by atoms with Gasteiger partial charge in [-0.25, -0.2) is 0 Å². The fraction of sp³-hybridized carbons (Fsp3) is 0.348. The predicted octanol–water partition coefficient (Wildman–Crippen LogP) is 3.74. The molecule has 0 radical (unpaired) electrons. The largest absolute Gasteiger partial charge is 0.342 e. The number of amides is 3. The van der Waals surface area contributed by atoms with Crippen molar-refractivity contribution in [1.29, 1.82) is 0 Å². The number of carbonyl (C=O) groups is 3. The van der Waals surface area contributed by atoms with Gasteiger partial charge in [-0.3, -0.25) is 24.5 Å². The lowest BCUT2D eigenvalue weighted by atomic mass is 10.1. The minimum absolute atomic E-state index is 0.00663. The van der Waals surface area contributed by atoms with Gasteiger partial charge in [0.05, 0.1) is 10.8 Å². The molecule has 0 aliphatic carbocycles. The Hall–Kier alpha value is -3.75. The van der Waals surface area contributed by atoms with Crippen molar-refractivity contribution in [1.82, 2.24) is 4.90 Å². The molecule has 9 heteroatoms. The zero-order valence-electron chi connectivity index (χ0n) is 18.1. The van der Waals surface area contributed by atoms with Crippen LogP contribution in [0, 0.1) is 23.0 Å². The lowest BCUT2D eigenvalue weighted by Crippen LogP contribution is -2.29. The van der Waals surface area contributed by atoms with E-state index in [4.69, 9.17) is 0 Å². The maximum atomic E-state index is 12.5. The first kappa shape index (κ1) is 22.9. The molecule has 2 N–H and O–H groups in total. The molecule has 1 aliphatic heterocycles. The molecule has 32 heavy (non-hydrogen) atoms. The summed E-state index contributed by atoms with van der Waals surface area (Å²) in [6.45, 7) is 4.84. The second-order valence-electron chi connectivity index (χ2n) is 7.87. The molecule has 2 aromatic carbocycles. The van der Waals surface area contributed by atoms with Gasteiger partial charge >= 0.3 is 0 Å². The maximum absolute atomic E-state index is 12.5. The van der Waals surface area contributed by atoms with Gasteiger partial charge in [0.25, 0.3) is 11.6 Å². The van der Waals surface area contributed by atoms with Gasteiger partial charge in [0.2, 0.25) is 11.8 Å². The Bertz CT molecular complexity index is 1040. The van der Waals surface area contributed by atoms with Crippen LogP contribution in [0.15, 0.2) is 42.5 Å². The standard InChI is InChI=1S/C23H26N4O5/c1-3-4-11-26-14-17(13-21(26)28)23(30)24-18-7-5-16(6-8-18)22(29)25-20-10-9-19(27(31)32)12-15(20)2/h5-10,12,17H,3-4,11,13-14H2,1-2H3,(H,24,30)(H,25,29). The first-order chi connectivity index (χ1) is 15.3. The fourth-order valence-corrected chi connectivity index (χ4v) is 3.56. The number of nitro benzene ring substituents is 1. The van der Waals surface area contributed by atoms with Crippen LogP contribution in [0.4, 0.5) is 17.1 Å². The summed E-state index contributed by atoms with van der Waals surface area (Å²) in [6, 6.07) is 10.6. The van der Waals surface area contributed by atoms with Crippen molar-refractivity contribution in [3.63, 3.8) is 0 Å². The highest BCUT2D eigenvalue weighted by atomic mass is 16.6. The number of likely N-dealkylation sites (tertiary alicyclic amines) is 1. The highest BCUT2D eigenvalue weighted by molar-refractivity contribution is 6.05. The molecule has 3 rings (SSSR count). The van der Waals surface area contributed by atoms with Gasteiger partial charge in [-0.15, -0.1) is 0 Å². The Kier molecular flexibility index (Phi) is 7.19. The van der Waals surface area contributed by atoms with Crippen molar-refractivity contribution >= 4 is 34.8 Å². The molecule has 1 fully saturated rings. The highest BCUT2D eigenvalue weighted by Crippen LogP contribution is 2.23. The molecule has 1 atom stereocenters. The molecule has 9 nitrogen and oxygen atoms in total. The van der Waals surface area contributed by atoms with Gasteiger partial charge in [0.15, 0.2) is 0 Å². The van der Waals surface area contributed by atoms with Crippen molar-refractivity contribution in [2.75, 3.05) is 23.7 Å². The Morgan fingerprint density at radius 2 is 1.88 bits per heavy atom. The van der Waals surface area contributed by atoms with E-state index in [9.17, 15) is 24.5 Å². The lowest BCUT2D eigenvalue weighted by Gasteiger charge is -2.16. The van der Waals surface area contributed by atoms with Crippen molar-refractivity contribution in [3.8, 4) is 0 Å². The first-order valence-corrected chi connectivity index (χ1v) is 10.5. The SMILES string of the molecule is CCCCN1CC(C(=O)Nc2ccc(C(=O)Nc3ccc([N+](=O)[O-])cc3C)cc2)CC1=O. The minimum atomic E-state index is -0.490. The molecule has 168 valence electrons. The van der Waals surface area contributed by atoms with E-state index in [-0.39, 0.29) is 35.7 Å². The normalized spacial score (nSPS) is 15.5. The van der Waals surface area contributed by atoms with Crippen molar-refractivity contribution in [2.24, 2.45) is 5.92 Å². The van der Waals surface area contributed by atoms with E-state index in [1.165, 1.54) is 18.2 Å². The average Bonchev–Trinajstić information content (AvgIpc) is 3.14. The van der Waals surface area contributed by atoms with Crippen LogP contribution in [0.25, 0.3) is 0 Å². The molecular formula is C23H26N4O5. The third kappa shape index (κ3) is 5.48. The molecule has 1 saturated heterocycles. The summed E-state index contributed by atoms with van der Waals surface area (Å²) in [7, 11) is 0. The number of unbranched alkanes of at least 4 members (excludes halogenated alkanes) is 1. The number of aryl methyl sites for hydroxylation is 1. The topological polar surface area (TPSA) is 122 Å². The van der Waals surface area contributed by atoms with Crippen LogP contribution < -0.4 is 10.6 Å². The van der Waals surface area contributed by atoms with E-state index in [0.29, 0.717) is 35.6 Å². The van der Waals surface area contributed by atoms with Gasteiger partial charge in [-0.2, -0.15) is 0 Å². The van der Waals surface area contributed by atoms with Crippen LogP contribution in [0.1, 0.15) is 42.1 Å². The van der Waals surface area contributed by atoms with Crippen LogP contribution in [0.2, 0.25) is 0 Å². The van der Waals surface area contributed by atoms with Gasteiger partial charge in [0, 0.05) is 48.6 Å². The predicted molar refractivity (Wildman–Crippen MR) is 120 cm³/mol. The summed E-state index contributed by atoms with van der Waals surface area (Å²) in [6.07, 6.45) is 2.12. The summed E-state index contributed by atoms with van der Waals surface area (Å²) in [5.74, 6) is -0.955. The van der Waals surface area contributed by atoms with Crippen LogP contribution in [0.5, 0.6) is 0 Å². The van der Waals surface area contributed by atoms with E-state index in [2.05, 4.69) is 17.6 Å². The van der Waals surface area contributed by atoms with E-state index in [1.54, 1.807) is 36.1 Å². The number of hydrogen-bond donors (Lipinski definition) is 2. The van der Waals surface area contributed by atoms with E-state index in [1.807, 2.05) is 0 Å².